The van der Waals surface area contributed by atoms with E-state index in [2.05, 4.69) is 15.0 Å². The molecular weight excluding hydrogens is 365 g/mol. The molecule has 27 heavy (non-hydrogen) atoms. The van der Waals surface area contributed by atoms with Crippen molar-refractivity contribution in [1.82, 2.24) is 4.98 Å². The van der Waals surface area contributed by atoms with Gasteiger partial charge in [0.25, 0.3) is 10.0 Å². The van der Waals surface area contributed by atoms with Crippen molar-refractivity contribution in [1.29, 1.82) is 0 Å². The van der Waals surface area contributed by atoms with Gasteiger partial charge in [-0.3, -0.25) is 4.72 Å². The minimum atomic E-state index is -3.84. The first-order valence-electron chi connectivity index (χ1n) is 8.34. The Morgan fingerprint density at radius 1 is 0.963 bits per heavy atom. The summed E-state index contributed by atoms with van der Waals surface area (Å²) in [4.78, 5) is 4.14. The molecule has 1 heterocycles. The molecule has 3 rings (SSSR count). The van der Waals surface area contributed by atoms with Crippen molar-refractivity contribution < 1.29 is 12.8 Å². The van der Waals surface area contributed by atoms with Crippen LogP contribution in [-0.4, -0.2) is 13.4 Å². The van der Waals surface area contributed by atoms with Crippen molar-refractivity contribution in [3.8, 4) is 0 Å². The Hall–Kier alpha value is -2.93. The SMILES string of the molecule is Cc1cc(S(=O)(=O)Nc2ccc(Nc3cccc(C)c3C)cn2)ccc1F. The first-order chi connectivity index (χ1) is 12.8. The Morgan fingerprint density at radius 2 is 1.74 bits per heavy atom. The predicted octanol–water partition coefficient (Wildman–Crippen LogP) is 4.69. The van der Waals surface area contributed by atoms with Gasteiger partial charge in [-0.25, -0.2) is 17.8 Å². The van der Waals surface area contributed by atoms with Crippen LogP contribution in [0.2, 0.25) is 0 Å². The van der Waals surface area contributed by atoms with Crippen molar-refractivity contribution in [3.63, 3.8) is 0 Å². The van der Waals surface area contributed by atoms with Crippen LogP contribution in [0.15, 0.2) is 59.6 Å². The molecule has 0 unspecified atom stereocenters. The van der Waals surface area contributed by atoms with E-state index >= 15 is 0 Å². The molecule has 5 nitrogen and oxygen atoms in total. The second-order valence-electron chi connectivity index (χ2n) is 6.32. The molecule has 0 bridgehead atoms. The standard InChI is InChI=1S/C20H20FN3O2S/c1-13-5-4-6-19(15(13)3)23-16-7-10-20(22-12-16)24-27(25,26)17-8-9-18(21)14(2)11-17/h4-12,23H,1-3H3,(H,22,24). The van der Waals surface area contributed by atoms with E-state index in [1.165, 1.54) is 24.6 Å². The highest BCUT2D eigenvalue weighted by Gasteiger charge is 2.16. The predicted molar refractivity (Wildman–Crippen MR) is 105 cm³/mol. The number of pyridine rings is 1. The number of rotatable bonds is 5. The number of halogens is 1. The summed E-state index contributed by atoms with van der Waals surface area (Å²) >= 11 is 0. The molecule has 0 aliphatic heterocycles. The van der Waals surface area contributed by atoms with Gasteiger partial charge in [0, 0.05) is 5.69 Å². The molecule has 0 fully saturated rings. The van der Waals surface area contributed by atoms with Crippen molar-refractivity contribution in [3.05, 3.63) is 77.2 Å². The molecule has 0 radical (unpaired) electrons. The zero-order chi connectivity index (χ0) is 19.6. The Kier molecular flexibility index (Phi) is 5.14. The van der Waals surface area contributed by atoms with E-state index in [0.717, 1.165) is 23.0 Å². The Labute approximate surface area is 158 Å². The molecule has 0 spiro atoms. The lowest BCUT2D eigenvalue weighted by Gasteiger charge is -2.12. The molecule has 7 heteroatoms. The monoisotopic (exact) mass is 385 g/mol. The normalized spacial score (nSPS) is 11.3. The van der Waals surface area contributed by atoms with Gasteiger partial charge in [-0.1, -0.05) is 12.1 Å². The van der Waals surface area contributed by atoms with E-state index in [0.29, 0.717) is 0 Å². The largest absolute Gasteiger partial charge is 0.354 e. The highest BCUT2D eigenvalue weighted by molar-refractivity contribution is 7.92. The third-order valence-electron chi connectivity index (χ3n) is 4.33. The second kappa shape index (κ2) is 7.36. The fourth-order valence-electron chi connectivity index (χ4n) is 2.55. The molecule has 0 saturated carbocycles. The fourth-order valence-corrected chi connectivity index (χ4v) is 3.64. The van der Waals surface area contributed by atoms with Crippen molar-refractivity contribution in [2.24, 2.45) is 0 Å². The number of anilines is 3. The summed E-state index contributed by atoms with van der Waals surface area (Å²) in [5.74, 6) is -0.266. The Bertz CT molecular complexity index is 1080. The van der Waals surface area contributed by atoms with Gasteiger partial charge in [-0.15, -0.1) is 0 Å². The molecule has 1 aromatic heterocycles. The van der Waals surface area contributed by atoms with E-state index in [-0.39, 0.29) is 16.3 Å². The van der Waals surface area contributed by atoms with E-state index in [1.807, 2.05) is 32.0 Å². The Balaban J connectivity index is 1.77. The van der Waals surface area contributed by atoms with Crippen LogP contribution in [0, 0.1) is 26.6 Å². The number of hydrogen-bond acceptors (Lipinski definition) is 4. The zero-order valence-electron chi connectivity index (χ0n) is 15.2. The molecule has 2 N–H and O–H groups in total. The second-order valence-corrected chi connectivity index (χ2v) is 8.00. The van der Waals surface area contributed by atoms with Crippen molar-refractivity contribution >= 4 is 27.2 Å². The van der Waals surface area contributed by atoms with Crippen LogP contribution in [0.3, 0.4) is 0 Å². The maximum Gasteiger partial charge on any atom is 0.263 e. The van der Waals surface area contributed by atoms with Gasteiger partial charge >= 0.3 is 0 Å². The average Bonchev–Trinajstić information content (AvgIpc) is 2.62. The third kappa shape index (κ3) is 4.25. The molecule has 2 aromatic carbocycles. The first-order valence-corrected chi connectivity index (χ1v) is 9.83. The van der Waals surface area contributed by atoms with Gasteiger partial charge < -0.3 is 5.32 Å². The summed E-state index contributed by atoms with van der Waals surface area (Å²) in [6.45, 7) is 5.58. The summed E-state index contributed by atoms with van der Waals surface area (Å²) < 4.78 is 40.6. The van der Waals surface area contributed by atoms with Crippen LogP contribution in [0.25, 0.3) is 0 Å². The van der Waals surface area contributed by atoms with E-state index in [9.17, 15) is 12.8 Å². The summed E-state index contributed by atoms with van der Waals surface area (Å²) in [6.07, 6.45) is 1.55. The highest BCUT2D eigenvalue weighted by atomic mass is 32.2. The van der Waals surface area contributed by atoms with E-state index in [4.69, 9.17) is 0 Å². The quantitative estimate of drug-likeness (QED) is 0.668. The molecule has 3 aromatic rings. The van der Waals surface area contributed by atoms with E-state index < -0.39 is 15.8 Å². The van der Waals surface area contributed by atoms with Gasteiger partial charge in [0.1, 0.15) is 11.6 Å². The number of nitrogens with one attached hydrogen (secondary N) is 2. The number of aromatic nitrogens is 1. The molecule has 0 amide bonds. The fraction of sp³-hybridized carbons (Fsp3) is 0.150. The minimum Gasteiger partial charge on any atom is -0.354 e. The number of hydrogen-bond donors (Lipinski definition) is 2. The molecule has 0 aliphatic carbocycles. The van der Waals surface area contributed by atoms with E-state index in [1.54, 1.807) is 18.3 Å². The number of sulfonamides is 1. The van der Waals surface area contributed by atoms with Crippen LogP contribution in [0.1, 0.15) is 16.7 Å². The van der Waals surface area contributed by atoms with Gasteiger partial charge in [0.05, 0.1) is 16.8 Å². The van der Waals surface area contributed by atoms with Crippen LogP contribution in [0.5, 0.6) is 0 Å². The summed E-state index contributed by atoms with van der Waals surface area (Å²) in [6, 6.07) is 12.9. The topological polar surface area (TPSA) is 71.1 Å². The summed E-state index contributed by atoms with van der Waals surface area (Å²) in [5.41, 5.74) is 4.27. The Morgan fingerprint density at radius 3 is 2.41 bits per heavy atom. The van der Waals surface area contributed by atoms with Gasteiger partial charge in [-0.2, -0.15) is 0 Å². The van der Waals surface area contributed by atoms with Gasteiger partial charge in [-0.05, 0) is 73.9 Å². The summed E-state index contributed by atoms with van der Waals surface area (Å²) in [5, 5.41) is 3.27. The van der Waals surface area contributed by atoms with Crippen LogP contribution < -0.4 is 10.0 Å². The molecule has 0 atom stereocenters. The number of nitrogens with zero attached hydrogens (tertiary/aromatic N) is 1. The minimum absolute atomic E-state index is 0.0132. The zero-order valence-corrected chi connectivity index (χ0v) is 16.1. The van der Waals surface area contributed by atoms with Crippen molar-refractivity contribution in [2.45, 2.75) is 25.7 Å². The lowest BCUT2D eigenvalue weighted by Crippen LogP contribution is -2.14. The lowest BCUT2D eigenvalue weighted by molar-refractivity contribution is 0.598. The molecule has 140 valence electrons. The van der Waals surface area contributed by atoms with Crippen LogP contribution >= 0.6 is 0 Å². The highest BCUT2D eigenvalue weighted by Crippen LogP contribution is 2.23. The molecule has 0 aliphatic rings. The molecular formula is C20H20FN3O2S. The van der Waals surface area contributed by atoms with Gasteiger partial charge in [0.2, 0.25) is 0 Å². The average molecular weight is 385 g/mol. The van der Waals surface area contributed by atoms with Gasteiger partial charge in [0.15, 0.2) is 0 Å². The van der Waals surface area contributed by atoms with Crippen molar-refractivity contribution in [2.75, 3.05) is 10.0 Å². The third-order valence-corrected chi connectivity index (χ3v) is 5.68. The van der Waals surface area contributed by atoms with Crippen LogP contribution in [0.4, 0.5) is 21.6 Å². The lowest BCUT2D eigenvalue weighted by atomic mass is 10.1. The number of aryl methyl sites for hydroxylation is 2. The van der Waals surface area contributed by atoms with Crippen LogP contribution in [-0.2, 0) is 10.0 Å². The maximum absolute atomic E-state index is 13.4. The number of benzene rings is 2. The maximum atomic E-state index is 13.4. The molecule has 0 saturated heterocycles. The summed E-state index contributed by atoms with van der Waals surface area (Å²) in [7, 11) is -3.84. The first kappa shape index (κ1) is 18.8. The smallest absolute Gasteiger partial charge is 0.263 e.